The molecule has 1 aromatic carbocycles. The minimum absolute atomic E-state index is 0.00432. The van der Waals surface area contributed by atoms with Gasteiger partial charge in [0.05, 0.1) is 2.74 Å². The molecule has 78 valence electrons. The molecule has 2 aliphatic rings. The number of hydrogen-bond acceptors (Lipinski definition) is 0. The molecule has 0 aliphatic heterocycles. The highest BCUT2D eigenvalue weighted by Gasteiger charge is 2.62. The predicted octanol–water partition coefficient (Wildman–Crippen LogP) is 4.15. The first-order chi connectivity index (χ1) is 8.24. The van der Waals surface area contributed by atoms with Gasteiger partial charge < -0.3 is 0 Å². The van der Waals surface area contributed by atoms with Crippen LogP contribution < -0.4 is 0 Å². The van der Waals surface area contributed by atoms with E-state index in [0.717, 1.165) is 0 Å². The van der Waals surface area contributed by atoms with Crippen LogP contribution in [-0.4, -0.2) is 0 Å². The first-order valence-electron chi connectivity index (χ1n) is 6.95. The zero-order valence-corrected chi connectivity index (χ0v) is 8.95. The molecule has 3 rings (SSSR count). The molecular weight excluding hydrogens is 180 g/mol. The Labute approximate surface area is 94.8 Å². The molecule has 1 aromatic rings. The second kappa shape index (κ2) is 3.23. The number of hydrogen-bond donors (Lipinski definition) is 0. The van der Waals surface area contributed by atoms with Crippen LogP contribution in [0, 0.1) is 11.3 Å². The van der Waals surface area contributed by atoms with Gasteiger partial charge in [-0.25, -0.2) is 0 Å². The molecule has 0 aromatic heterocycles. The fraction of sp³-hybridized carbons (Fsp3) is 0.467. The lowest BCUT2D eigenvalue weighted by atomic mass is 9.88. The van der Waals surface area contributed by atoms with E-state index in [2.05, 4.69) is 30.3 Å². The van der Waals surface area contributed by atoms with Gasteiger partial charge in [-0.05, 0) is 35.7 Å². The third kappa shape index (κ3) is 1.20. The average Bonchev–Trinajstić information content (AvgIpc) is 2.97. The number of benzene rings is 1. The van der Waals surface area contributed by atoms with E-state index in [1.54, 1.807) is 0 Å². The van der Waals surface area contributed by atoms with Gasteiger partial charge in [-0.2, -0.15) is 0 Å². The Hall–Kier alpha value is -1.04. The molecule has 0 N–H and O–H groups in total. The van der Waals surface area contributed by atoms with E-state index in [-0.39, 0.29) is 11.9 Å². The van der Waals surface area contributed by atoms with Gasteiger partial charge in [0.1, 0.15) is 0 Å². The average molecular weight is 200 g/mol. The first-order valence-corrected chi connectivity index (χ1v) is 5.95. The summed E-state index contributed by atoms with van der Waals surface area (Å²) < 4.78 is 14.9. The summed E-state index contributed by atoms with van der Waals surface area (Å²) in [6.07, 6.45) is 6.91. The summed E-state index contributed by atoms with van der Waals surface area (Å²) >= 11 is 0. The predicted molar refractivity (Wildman–Crippen MR) is 63.8 cm³/mol. The zero-order chi connectivity index (χ0) is 11.9. The van der Waals surface area contributed by atoms with Crippen molar-refractivity contribution in [3.05, 3.63) is 48.5 Å². The Balaban J connectivity index is 1.94. The van der Waals surface area contributed by atoms with Crippen molar-refractivity contribution in [2.45, 2.75) is 31.6 Å². The number of fused-ring (bicyclic) bond motifs is 1. The summed E-state index contributed by atoms with van der Waals surface area (Å²) in [6, 6.07) is 10.6. The molecule has 0 nitrogen and oxygen atoms in total. The third-order valence-electron chi connectivity index (χ3n) is 4.36. The smallest absolute Gasteiger partial charge is 0.0535 e. The summed E-state index contributed by atoms with van der Waals surface area (Å²) in [4.78, 5) is 0. The zero-order valence-electron chi connectivity index (χ0n) is 10.9. The fourth-order valence-electron chi connectivity index (χ4n) is 3.58. The summed E-state index contributed by atoms with van der Waals surface area (Å²) in [5, 5.41) is 0. The van der Waals surface area contributed by atoms with Crippen LogP contribution in [0.2, 0.25) is 0 Å². The SMILES string of the molecule is [2H]C([2H])=C[C@@]12CCCC[C@@H]1[C@H]2c1ccccc1. The second-order valence-corrected chi connectivity index (χ2v) is 5.00. The summed E-state index contributed by atoms with van der Waals surface area (Å²) in [5.74, 6) is 1.25. The van der Waals surface area contributed by atoms with E-state index >= 15 is 0 Å². The van der Waals surface area contributed by atoms with Crippen LogP contribution in [-0.2, 0) is 0 Å². The van der Waals surface area contributed by atoms with E-state index in [1.807, 2.05) is 6.08 Å². The molecule has 3 atom stereocenters. The first kappa shape index (κ1) is 7.27. The number of rotatable bonds is 2. The second-order valence-electron chi connectivity index (χ2n) is 5.00. The van der Waals surface area contributed by atoms with Crippen molar-refractivity contribution in [1.82, 2.24) is 0 Å². The highest BCUT2D eigenvalue weighted by Crippen LogP contribution is 2.71. The summed E-state index contributed by atoms with van der Waals surface area (Å²) in [7, 11) is 0. The summed E-state index contributed by atoms with van der Waals surface area (Å²) in [6.45, 7) is -0.00432. The van der Waals surface area contributed by atoms with Crippen LogP contribution >= 0.6 is 0 Å². The maximum Gasteiger partial charge on any atom is 0.0535 e. The van der Waals surface area contributed by atoms with Gasteiger partial charge >= 0.3 is 0 Å². The summed E-state index contributed by atoms with van der Waals surface area (Å²) in [5.41, 5.74) is 1.55. The van der Waals surface area contributed by atoms with Crippen LogP contribution in [0.15, 0.2) is 42.9 Å². The molecule has 0 heterocycles. The molecule has 2 aliphatic carbocycles. The van der Waals surface area contributed by atoms with Crippen LogP contribution in [0.4, 0.5) is 0 Å². The van der Waals surface area contributed by atoms with Gasteiger partial charge in [0, 0.05) is 0 Å². The Morgan fingerprint density at radius 1 is 1.33 bits per heavy atom. The highest BCUT2D eigenvalue weighted by atomic mass is 14.7. The van der Waals surface area contributed by atoms with E-state index in [9.17, 15) is 0 Å². The van der Waals surface area contributed by atoms with Gasteiger partial charge in [0.15, 0.2) is 0 Å². The Morgan fingerprint density at radius 3 is 3.00 bits per heavy atom. The molecule has 0 radical (unpaired) electrons. The van der Waals surface area contributed by atoms with E-state index in [4.69, 9.17) is 2.74 Å². The Morgan fingerprint density at radius 2 is 2.20 bits per heavy atom. The molecule has 2 fully saturated rings. The molecule has 0 spiro atoms. The van der Waals surface area contributed by atoms with Gasteiger partial charge in [-0.15, -0.1) is 6.53 Å². The van der Waals surface area contributed by atoms with Crippen molar-refractivity contribution in [3.8, 4) is 0 Å². The maximum atomic E-state index is 7.45. The van der Waals surface area contributed by atoms with E-state index < -0.39 is 0 Å². The van der Waals surface area contributed by atoms with Crippen LogP contribution in [0.5, 0.6) is 0 Å². The van der Waals surface area contributed by atoms with Gasteiger partial charge in [0.2, 0.25) is 0 Å². The van der Waals surface area contributed by atoms with Gasteiger partial charge in [0.25, 0.3) is 0 Å². The highest BCUT2D eigenvalue weighted by molar-refractivity contribution is 5.37. The van der Waals surface area contributed by atoms with Crippen LogP contribution in [0.3, 0.4) is 0 Å². The lowest BCUT2D eigenvalue weighted by Gasteiger charge is -2.17. The quantitative estimate of drug-likeness (QED) is 0.629. The molecular formula is C15H18. The van der Waals surface area contributed by atoms with Gasteiger partial charge in [-0.1, -0.05) is 49.2 Å². The van der Waals surface area contributed by atoms with Crippen molar-refractivity contribution in [3.63, 3.8) is 0 Å². The molecule has 2 saturated carbocycles. The third-order valence-corrected chi connectivity index (χ3v) is 4.36. The molecule has 0 bridgehead atoms. The molecule has 0 heteroatoms. The van der Waals surface area contributed by atoms with Crippen molar-refractivity contribution in [1.29, 1.82) is 0 Å². The fourth-order valence-corrected chi connectivity index (χ4v) is 3.58. The normalized spacial score (nSPS) is 39.7. The Bertz CT molecular complexity index is 433. The van der Waals surface area contributed by atoms with E-state index in [1.165, 1.54) is 31.2 Å². The molecule has 0 amide bonds. The molecule has 15 heavy (non-hydrogen) atoms. The largest absolute Gasteiger partial charge is 0.102 e. The topological polar surface area (TPSA) is 0 Å². The van der Waals surface area contributed by atoms with Crippen molar-refractivity contribution in [2.75, 3.05) is 0 Å². The standard InChI is InChI=1S/C15H18/c1-2-15-11-7-6-10-13(15)14(15)12-8-4-3-5-9-12/h2-5,8-9,13-14H,1,6-7,10-11H2/t13-,14-,15-/m1/s1/i1D2. The van der Waals surface area contributed by atoms with Crippen LogP contribution in [0.1, 0.15) is 39.9 Å². The van der Waals surface area contributed by atoms with Gasteiger partial charge in [-0.3, -0.25) is 0 Å². The monoisotopic (exact) mass is 200 g/mol. The number of allylic oxidation sites excluding steroid dienone is 1. The Kier molecular flexibility index (Phi) is 1.56. The van der Waals surface area contributed by atoms with Crippen molar-refractivity contribution < 1.29 is 2.74 Å². The minimum atomic E-state index is -0.00432. The van der Waals surface area contributed by atoms with Crippen LogP contribution in [0.25, 0.3) is 0 Å². The lowest BCUT2D eigenvalue weighted by molar-refractivity contribution is 0.403. The van der Waals surface area contributed by atoms with Crippen molar-refractivity contribution in [2.24, 2.45) is 11.3 Å². The minimum Gasteiger partial charge on any atom is -0.102 e. The van der Waals surface area contributed by atoms with Crippen molar-refractivity contribution >= 4 is 0 Å². The van der Waals surface area contributed by atoms with E-state index in [0.29, 0.717) is 11.8 Å². The maximum absolute atomic E-state index is 7.45. The lowest BCUT2D eigenvalue weighted by Crippen LogP contribution is -2.05. The molecule has 0 unspecified atom stereocenters. The molecule has 0 saturated heterocycles.